The van der Waals surface area contributed by atoms with Crippen molar-refractivity contribution < 1.29 is 4.80 Å². The van der Waals surface area contributed by atoms with Gasteiger partial charge in [-0.2, -0.15) is 0 Å². The summed E-state index contributed by atoms with van der Waals surface area (Å²) in [6, 6.07) is 7.97. The molecule has 1 aromatic rings. The van der Waals surface area contributed by atoms with Crippen molar-refractivity contribution >= 4 is 19.9 Å². The summed E-state index contributed by atoms with van der Waals surface area (Å²) in [7, 11) is -2.05. The second kappa shape index (κ2) is 7.44. The smallest absolute Gasteiger partial charge is 0.188 e. The number of benzene rings is 1. The van der Waals surface area contributed by atoms with Crippen LogP contribution in [0.25, 0.3) is 0 Å². The number of rotatable bonds is 7. The van der Waals surface area contributed by atoms with E-state index in [0.717, 1.165) is 30.7 Å². The largest absolute Gasteiger partial charge is 0.432 e. The van der Waals surface area contributed by atoms with Crippen molar-refractivity contribution in [1.29, 1.82) is 0 Å². The molecule has 1 rings (SSSR count). The molecular weight excluding hydrogens is 284 g/mol. The van der Waals surface area contributed by atoms with Gasteiger partial charge in [-0.05, 0) is 55.4 Å². The standard InChI is InChI=1S/C17H27ClOSi/c1-17(2,20(3,4)19)14-10-6-5-7-11-15-12-8-9-13-16(15)18/h5,7-9,12-13,19H,6,10-11,14H2,1-4H3/b7-5+. The van der Waals surface area contributed by atoms with E-state index in [1.54, 1.807) is 0 Å². The van der Waals surface area contributed by atoms with Crippen LogP contribution in [0.1, 0.15) is 38.7 Å². The average Bonchev–Trinajstić information content (AvgIpc) is 2.34. The van der Waals surface area contributed by atoms with Gasteiger partial charge in [-0.15, -0.1) is 0 Å². The first kappa shape index (κ1) is 17.5. The van der Waals surface area contributed by atoms with E-state index >= 15 is 0 Å². The summed E-state index contributed by atoms with van der Waals surface area (Å²) < 4.78 is 0. The molecule has 0 fully saturated rings. The molecule has 112 valence electrons. The van der Waals surface area contributed by atoms with Crippen LogP contribution in [0.4, 0.5) is 0 Å². The SMILES string of the molecule is CC(C)(CCC/C=C/Cc1ccccc1Cl)[Si](C)(C)O. The first-order chi connectivity index (χ1) is 9.24. The van der Waals surface area contributed by atoms with E-state index in [9.17, 15) is 4.80 Å². The second-order valence-electron chi connectivity index (χ2n) is 6.60. The van der Waals surface area contributed by atoms with Gasteiger partial charge in [0.1, 0.15) is 0 Å². The number of unbranched alkanes of at least 4 members (excludes halogenated alkanes) is 1. The summed E-state index contributed by atoms with van der Waals surface area (Å²) in [5.74, 6) is 0. The van der Waals surface area contributed by atoms with Gasteiger partial charge in [-0.25, -0.2) is 0 Å². The molecule has 1 N–H and O–H groups in total. The Morgan fingerprint density at radius 1 is 1.20 bits per heavy atom. The lowest BCUT2D eigenvalue weighted by molar-refractivity contribution is 0.444. The summed E-state index contributed by atoms with van der Waals surface area (Å²) >= 11 is 6.12. The van der Waals surface area contributed by atoms with Gasteiger partial charge in [0.05, 0.1) is 0 Å². The molecule has 20 heavy (non-hydrogen) atoms. The molecule has 0 aliphatic carbocycles. The number of allylic oxidation sites excluding steroid dienone is 2. The summed E-state index contributed by atoms with van der Waals surface area (Å²) in [4.78, 5) is 10.2. The van der Waals surface area contributed by atoms with Crippen molar-refractivity contribution in [3.05, 3.63) is 47.0 Å². The summed E-state index contributed by atoms with van der Waals surface area (Å²) in [6.45, 7) is 8.43. The quantitative estimate of drug-likeness (QED) is 0.395. The topological polar surface area (TPSA) is 20.2 Å². The fraction of sp³-hybridized carbons (Fsp3) is 0.529. The lowest BCUT2D eigenvalue weighted by Crippen LogP contribution is -2.38. The van der Waals surface area contributed by atoms with E-state index in [1.165, 1.54) is 5.56 Å². The fourth-order valence-electron chi connectivity index (χ4n) is 1.96. The third-order valence-electron chi connectivity index (χ3n) is 4.29. The third kappa shape index (κ3) is 5.43. The fourth-order valence-corrected chi connectivity index (χ4v) is 2.96. The Bertz CT molecular complexity index is 447. The highest BCUT2D eigenvalue weighted by atomic mass is 35.5. The Balaban J connectivity index is 2.32. The zero-order valence-corrected chi connectivity index (χ0v) is 14.9. The van der Waals surface area contributed by atoms with E-state index in [4.69, 9.17) is 11.6 Å². The molecule has 3 heteroatoms. The van der Waals surface area contributed by atoms with Gasteiger partial charge in [0.2, 0.25) is 0 Å². The van der Waals surface area contributed by atoms with Gasteiger partial charge in [-0.3, -0.25) is 0 Å². The first-order valence-corrected chi connectivity index (χ1v) is 10.7. The Labute approximate surface area is 129 Å². The number of hydrogen-bond acceptors (Lipinski definition) is 1. The van der Waals surface area contributed by atoms with Crippen molar-refractivity contribution in [3.8, 4) is 0 Å². The minimum absolute atomic E-state index is 0.0869. The number of hydrogen-bond donors (Lipinski definition) is 1. The highest BCUT2D eigenvalue weighted by Gasteiger charge is 2.36. The van der Waals surface area contributed by atoms with E-state index in [-0.39, 0.29) is 5.04 Å². The molecule has 0 unspecified atom stereocenters. The van der Waals surface area contributed by atoms with Crippen LogP contribution >= 0.6 is 11.6 Å². The van der Waals surface area contributed by atoms with Crippen LogP contribution < -0.4 is 0 Å². The predicted molar refractivity (Wildman–Crippen MR) is 91.9 cm³/mol. The van der Waals surface area contributed by atoms with Gasteiger partial charge in [-0.1, -0.05) is 55.8 Å². The van der Waals surface area contributed by atoms with Crippen LogP contribution in [0.3, 0.4) is 0 Å². The zero-order valence-electron chi connectivity index (χ0n) is 13.1. The van der Waals surface area contributed by atoms with Crippen LogP contribution in [-0.2, 0) is 6.42 Å². The highest BCUT2D eigenvalue weighted by Crippen LogP contribution is 2.40. The van der Waals surface area contributed by atoms with Gasteiger partial charge >= 0.3 is 0 Å². The molecule has 0 amide bonds. The maximum absolute atomic E-state index is 10.2. The minimum Gasteiger partial charge on any atom is -0.432 e. The molecular formula is C17H27ClOSi. The van der Waals surface area contributed by atoms with Crippen LogP contribution in [-0.4, -0.2) is 13.1 Å². The first-order valence-electron chi connectivity index (χ1n) is 7.35. The Morgan fingerprint density at radius 3 is 2.45 bits per heavy atom. The summed E-state index contributed by atoms with van der Waals surface area (Å²) in [6.07, 6.45) is 8.59. The Kier molecular flexibility index (Phi) is 6.50. The Hall–Kier alpha value is -0.573. The normalized spacial score (nSPS) is 13.1. The molecule has 0 heterocycles. The molecule has 0 spiro atoms. The zero-order chi connectivity index (χ0) is 15.2. The summed E-state index contributed by atoms with van der Waals surface area (Å²) in [5, 5.41) is 0.926. The minimum atomic E-state index is -2.05. The summed E-state index contributed by atoms with van der Waals surface area (Å²) in [5.41, 5.74) is 1.18. The van der Waals surface area contributed by atoms with E-state index in [0.29, 0.717) is 0 Å². The molecule has 0 aromatic heterocycles. The molecule has 1 nitrogen and oxygen atoms in total. The van der Waals surface area contributed by atoms with Gasteiger partial charge < -0.3 is 4.80 Å². The van der Waals surface area contributed by atoms with Crippen LogP contribution in [0, 0.1) is 0 Å². The maximum atomic E-state index is 10.2. The van der Waals surface area contributed by atoms with E-state index < -0.39 is 8.32 Å². The highest BCUT2D eigenvalue weighted by molar-refractivity contribution is 6.72. The van der Waals surface area contributed by atoms with Crippen molar-refractivity contribution in [3.63, 3.8) is 0 Å². The predicted octanol–water partition coefficient (Wildman–Crippen LogP) is 5.59. The molecule has 0 radical (unpaired) electrons. The van der Waals surface area contributed by atoms with Gasteiger partial charge in [0, 0.05) is 5.02 Å². The van der Waals surface area contributed by atoms with Crippen molar-refractivity contribution in [2.24, 2.45) is 0 Å². The van der Waals surface area contributed by atoms with E-state index in [1.807, 2.05) is 31.3 Å². The molecule has 1 aromatic carbocycles. The van der Waals surface area contributed by atoms with Crippen molar-refractivity contribution in [2.45, 2.75) is 57.7 Å². The van der Waals surface area contributed by atoms with Crippen LogP contribution in [0.2, 0.25) is 23.2 Å². The van der Waals surface area contributed by atoms with Crippen LogP contribution in [0.15, 0.2) is 36.4 Å². The van der Waals surface area contributed by atoms with Crippen molar-refractivity contribution in [2.75, 3.05) is 0 Å². The van der Waals surface area contributed by atoms with E-state index in [2.05, 4.69) is 32.1 Å². The molecule has 0 saturated carbocycles. The average molecular weight is 311 g/mol. The molecule has 0 aliphatic rings. The Morgan fingerprint density at radius 2 is 1.85 bits per heavy atom. The lowest BCUT2D eigenvalue weighted by atomic mass is 10.0. The van der Waals surface area contributed by atoms with Gasteiger partial charge in [0.25, 0.3) is 0 Å². The third-order valence-corrected chi connectivity index (χ3v) is 8.22. The molecule has 0 atom stereocenters. The second-order valence-corrected chi connectivity index (χ2v) is 11.5. The van der Waals surface area contributed by atoms with Crippen molar-refractivity contribution in [1.82, 2.24) is 0 Å². The molecule has 0 saturated heterocycles. The maximum Gasteiger partial charge on any atom is 0.188 e. The van der Waals surface area contributed by atoms with Crippen LogP contribution in [0.5, 0.6) is 0 Å². The number of halogens is 1. The van der Waals surface area contributed by atoms with Gasteiger partial charge in [0.15, 0.2) is 8.32 Å². The molecule has 0 aliphatic heterocycles. The molecule has 0 bridgehead atoms. The lowest BCUT2D eigenvalue weighted by Gasteiger charge is -2.35. The monoisotopic (exact) mass is 310 g/mol.